The zero-order chi connectivity index (χ0) is 13.8. The number of hydrogen-bond donors (Lipinski definition) is 0. The molecule has 0 aliphatic carbocycles. The average Bonchev–Trinajstić information content (AvgIpc) is 2.85. The van der Waals surface area contributed by atoms with Gasteiger partial charge in [0.2, 0.25) is 11.8 Å². The molecule has 19 heavy (non-hydrogen) atoms. The summed E-state index contributed by atoms with van der Waals surface area (Å²) in [6, 6.07) is 5.76. The number of nitrogens with zero attached hydrogens (tertiary/aromatic N) is 3. The highest BCUT2D eigenvalue weighted by Crippen LogP contribution is 2.23. The highest BCUT2D eigenvalue weighted by Gasteiger charge is 2.11. The van der Waals surface area contributed by atoms with Crippen molar-refractivity contribution in [2.45, 2.75) is 5.22 Å². The second-order valence-corrected chi connectivity index (χ2v) is 4.88. The van der Waals surface area contributed by atoms with Crippen molar-refractivity contribution in [2.75, 3.05) is 19.8 Å². The smallest absolute Gasteiger partial charge is 0.277 e. The predicted octanol–water partition coefficient (Wildman–Crippen LogP) is 2.06. The molecule has 0 saturated heterocycles. The summed E-state index contributed by atoms with van der Waals surface area (Å²) in [6.07, 6.45) is 0. The molecule has 5 nitrogen and oxygen atoms in total. The van der Waals surface area contributed by atoms with Gasteiger partial charge in [-0.1, -0.05) is 11.8 Å². The molecule has 0 fully saturated rings. The van der Waals surface area contributed by atoms with E-state index in [1.165, 1.54) is 28.8 Å². The third kappa shape index (κ3) is 3.54. The van der Waals surface area contributed by atoms with Gasteiger partial charge in [-0.05, 0) is 24.3 Å². The Morgan fingerprint density at radius 1 is 1.32 bits per heavy atom. The Morgan fingerprint density at radius 2 is 2.00 bits per heavy atom. The summed E-state index contributed by atoms with van der Waals surface area (Å²) in [6.45, 7) is 0. The molecule has 1 amide bonds. The number of carbonyl (C=O) groups is 1. The molecule has 0 atom stereocenters. The minimum atomic E-state index is -0.325. The number of rotatable bonds is 4. The lowest BCUT2D eigenvalue weighted by Crippen LogP contribution is -2.23. The number of carbonyl (C=O) groups excluding carboxylic acids is 1. The van der Waals surface area contributed by atoms with Crippen LogP contribution in [0.4, 0.5) is 4.39 Å². The van der Waals surface area contributed by atoms with E-state index < -0.39 is 0 Å². The van der Waals surface area contributed by atoms with E-state index in [1.54, 1.807) is 26.2 Å². The molecule has 1 aromatic heterocycles. The van der Waals surface area contributed by atoms with E-state index in [0.717, 1.165) is 0 Å². The van der Waals surface area contributed by atoms with Gasteiger partial charge < -0.3 is 9.32 Å². The topological polar surface area (TPSA) is 59.2 Å². The normalized spacial score (nSPS) is 10.5. The standard InChI is InChI=1S/C12H12FN3O2S/c1-16(2)10(17)7-19-12-15-14-11(18-12)8-3-5-9(13)6-4-8/h3-6H,7H2,1-2H3. The van der Waals surface area contributed by atoms with Crippen LogP contribution in [0.2, 0.25) is 0 Å². The number of aromatic nitrogens is 2. The van der Waals surface area contributed by atoms with Crippen LogP contribution < -0.4 is 0 Å². The fourth-order valence-corrected chi connectivity index (χ4v) is 1.97. The summed E-state index contributed by atoms with van der Waals surface area (Å²) < 4.78 is 18.2. The van der Waals surface area contributed by atoms with Gasteiger partial charge in [0.1, 0.15) is 5.82 Å². The van der Waals surface area contributed by atoms with Gasteiger partial charge in [-0.2, -0.15) is 0 Å². The monoisotopic (exact) mass is 281 g/mol. The molecule has 0 saturated carbocycles. The fourth-order valence-electron chi connectivity index (χ4n) is 1.23. The summed E-state index contributed by atoms with van der Waals surface area (Å²) in [4.78, 5) is 12.9. The molecular formula is C12H12FN3O2S. The quantitative estimate of drug-likeness (QED) is 0.803. The Bertz CT molecular complexity index is 569. The average molecular weight is 281 g/mol. The number of hydrogen-bond acceptors (Lipinski definition) is 5. The molecule has 2 rings (SSSR count). The number of benzene rings is 1. The fraction of sp³-hybridized carbons (Fsp3) is 0.250. The molecule has 100 valence electrons. The lowest BCUT2D eigenvalue weighted by Gasteiger charge is -2.07. The third-order valence-electron chi connectivity index (χ3n) is 2.32. The van der Waals surface area contributed by atoms with Gasteiger partial charge in [-0.15, -0.1) is 10.2 Å². The number of thioether (sulfide) groups is 1. The van der Waals surface area contributed by atoms with Crippen LogP contribution in [-0.4, -0.2) is 40.9 Å². The summed E-state index contributed by atoms with van der Waals surface area (Å²) in [5.74, 6) is 0.179. The van der Waals surface area contributed by atoms with E-state index >= 15 is 0 Å². The van der Waals surface area contributed by atoms with Crippen molar-refractivity contribution >= 4 is 17.7 Å². The molecule has 2 aromatic rings. The van der Waals surface area contributed by atoms with E-state index in [2.05, 4.69) is 10.2 Å². The summed E-state index contributed by atoms with van der Waals surface area (Å²) in [5, 5.41) is 8.00. The van der Waals surface area contributed by atoms with Crippen molar-refractivity contribution < 1.29 is 13.6 Å². The second kappa shape index (κ2) is 5.83. The molecule has 0 unspecified atom stereocenters. The van der Waals surface area contributed by atoms with Crippen LogP contribution >= 0.6 is 11.8 Å². The summed E-state index contributed by atoms with van der Waals surface area (Å²) >= 11 is 1.17. The molecule has 0 radical (unpaired) electrons. The predicted molar refractivity (Wildman–Crippen MR) is 69.1 cm³/mol. The SMILES string of the molecule is CN(C)C(=O)CSc1nnc(-c2ccc(F)cc2)o1. The molecule has 0 N–H and O–H groups in total. The zero-order valence-corrected chi connectivity index (χ0v) is 11.3. The van der Waals surface area contributed by atoms with E-state index in [9.17, 15) is 9.18 Å². The molecule has 0 aliphatic heterocycles. The summed E-state index contributed by atoms with van der Waals surface area (Å²) in [7, 11) is 3.36. The lowest BCUT2D eigenvalue weighted by molar-refractivity contribution is -0.125. The zero-order valence-electron chi connectivity index (χ0n) is 10.5. The van der Waals surface area contributed by atoms with E-state index in [0.29, 0.717) is 16.7 Å². The van der Waals surface area contributed by atoms with Gasteiger partial charge in [0, 0.05) is 19.7 Å². The maximum Gasteiger partial charge on any atom is 0.277 e. The van der Waals surface area contributed by atoms with Crippen LogP contribution in [0.25, 0.3) is 11.5 Å². The maximum atomic E-state index is 12.8. The molecule has 0 aliphatic rings. The molecule has 1 aromatic carbocycles. The Morgan fingerprint density at radius 3 is 2.63 bits per heavy atom. The third-order valence-corrected chi connectivity index (χ3v) is 3.12. The van der Waals surface area contributed by atoms with Crippen molar-refractivity contribution in [3.63, 3.8) is 0 Å². The highest BCUT2D eigenvalue weighted by molar-refractivity contribution is 7.99. The lowest BCUT2D eigenvalue weighted by atomic mass is 10.2. The first-order valence-corrected chi connectivity index (χ1v) is 6.47. The van der Waals surface area contributed by atoms with Gasteiger partial charge in [0.15, 0.2) is 0 Å². The first-order chi connectivity index (χ1) is 9.06. The van der Waals surface area contributed by atoms with Gasteiger partial charge in [-0.3, -0.25) is 4.79 Å². The number of halogens is 1. The van der Waals surface area contributed by atoms with Crippen molar-refractivity contribution in [3.05, 3.63) is 30.1 Å². The van der Waals surface area contributed by atoms with Crippen LogP contribution in [0.15, 0.2) is 33.9 Å². The van der Waals surface area contributed by atoms with Gasteiger partial charge in [0.25, 0.3) is 5.22 Å². The Hall–Kier alpha value is -1.89. The second-order valence-electron chi connectivity index (χ2n) is 3.96. The van der Waals surface area contributed by atoms with Crippen LogP contribution in [-0.2, 0) is 4.79 Å². The van der Waals surface area contributed by atoms with Gasteiger partial charge >= 0.3 is 0 Å². The van der Waals surface area contributed by atoms with Gasteiger partial charge in [0.05, 0.1) is 5.75 Å². The van der Waals surface area contributed by atoms with Crippen LogP contribution in [0.5, 0.6) is 0 Å². The van der Waals surface area contributed by atoms with E-state index in [1.807, 2.05) is 0 Å². The maximum absolute atomic E-state index is 12.8. The minimum Gasteiger partial charge on any atom is -0.411 e. The Kier molecular flexibility index (Phi) is 4.16. The molecule has 0 spiro atoms. The largest absolute Gasteiger partial charge is 0.411 e. The first-order valence-electron chi connectivity index (χ1n) is 5.48. The van der Waals surface area contributed by atoms with Crippen molar-refractivity contribution in [1.29, 1.82) is 0 Å². The Balaban J connectivity index is 2.03. The summed E-state index contributed by atoms with van der Waals surface area (Å²) in [5.41, 5.74) is 0.639. The minimum absolute atomic E-state index is 0.0356. The van der Waals surface area contributed by atoms with Crippen LogP contribution in [0, 0.1) is 5.82 Å². The van der Waals surface area contributed by atoms with Crippen LogP contribution in [0.3, 0.4) is 0 Å². The molecule has 0 bridgehead atoms. The van der Waals surface area contributed by atoms with Crippen molar-refractivity contribution in [2.24, 2.45) is 0 Å². The molecule has 7 heteroatoms. The number of amides is 1. The van der Waals surface area contributed by atoms with Crippen molar-refractivity contribution in [1.82, 2.24) is 15.1 Å². The molecular weight excluding hydrogens is 269 g/mol. The Labute approximate surface area is 113 Å². The van der Waals surface area contributed by atoms with E-state index in [-0.39, 0.29) is 17.5 Å². The highest BCUT2D eigenvalue weighted by atomic mass is 32.2. The first kappa shape index (κ1) is 13.5. The van der Waals surface area contributed by atoms with Crippen molar-refractivity contribution in [3.8, 4) is 11.5 Å². The van der Waals surface area contributed by atoms with Gasteiger partial charge in [-0.25, -0.2) is 4.39 Å². The van der Waals surface area contributed by atoms with Crippen LogP contribution in [0.1, 0.15) is 0 Å². The molecule has 1 heterocycles. The van der Waals surface area contributed by atoms with E-state index in [4.69, 9.17) is 4.42 Å².